The second-order valence-electron chi connectivity index (χ2n) is 3.95. The molecule has 0 saturated heterocycles. The Labute approximate surface area is 112 Å². The molecule has 0 fully saturated rings. The first-order valence-electron chi connectivity index (χ1n) is 5.58. The zero-order valence-electron chi connectivity index (χ0n) is 9.78. The van der Waals surface area contributed by atoms with Gasteiger partial charge in [0.05, 0.1) is 17.1 Å². The standard InChI is InChI=1S/C12H12BrF2N3/c1-2-10(13)12-7-18(17-16-12)6-8-3-4-9(14)5-11(8)15/h3-5,7,10H,2,6H2,1H3. The van der Waals surface area contributed by atoms with Gasteiger partial charge in [-0.2, -0.15) is 0 Å². The van der Waals surface area contributed by atoms with Crippen LogP contribution in [0.3, 0.4) is 0 Å². The van der Waals surface area contributed by atoms with Crippen LogP contribution in [0.5, 0.6) is 0 Å². The summed E-state index contributed by atoms with van der Waals surface area (Å²) >= 11 is 3.47. The summed E-state index contributed by atoms with van der Waals surface area (Å²) in [5.74, 6) is -1.15. The molecule has 96 valence electrons. The minimum absolute atomic E-state index is 0.143. The summed E-state index contributed by atoms with van der Waals surface area (Å²) in [6, 6.07) is 3.51. The molecular weight excluding hydrogens is 304 g/mol. The van der Waals surface area contributed by atoms with Crippen LogP contribution >= 0.6 is 15.9 Å². The highest BCUT2D eigenvalue weighted by atomic mass is 79.9. The van der Waals surface area contributed by atoms with Crippen LogP contribution in [0, 0.1) is 11.6 Å². The Morgan fingerprint density at radius 1 is 1.39 bits per heavy atom. The van der Waals surface area contributed by atoms with E-state index >= 15 is 0 Å². The highest BCUT2D eigenvalue weighted by molar-refractivity contribution is 9.09. The highest BCUT2D eigenvalue weighted by Crippen LogP contribution is 2.23. The maximum atomic E-state index is 13.5. The van der Waals surface area contributed by atoms with Gasteiger partial charge in [-0.25, -0.2) is 13.5 Å². The summed E-state index contributed by atoms with van der Waals surface area (Å²) < 4.78 is 27.8. The minimum Gasteiger partial charge on any atom is -0.248 e. The maximum Gasteiger partial charge on any atom is 0.131 e. The van der Waals surface area contributed by atoms with E-state index in [0.717, 1.165) is 18.2 Å². The van der Waals surface area contributed by atoms with Gasteiger partial charge < -0.3 is 0 Å². The Hall–Kier alpha value is -1.30. The number of halogens is 3. The monoisotopic (exact) mass is 315 g/mol. The number of rotatable bonds is 4. The molecule has 0 amide bonds. The van der Waals surface area contributed by atoms with Crippen LogP contribution in [0.25, 0.3) is 0 Å². The quantitative estimate of drug-likeness (QED) is 0.809. The first-order chi connectivity index (χ1) is 8.60. The molecule has 1 unspecified atom stereocenters. The molecule has 1 aromatic carbocycles. The lowest BCUT2D eigenvalue weighted by Crippen LogP contribution is -2.03. The summed E-state index contributed by atoms with van der Waals surface area (Å²) in [6.45, 7) is 2.26. The van der Waals surface area contributed by atoms with E-state index in [1.165, 1.54) is 16.8 Å². The first-order valence-corrected chi connectivity index (χ1v) is 6.49. The van der Waals surface area contributed by atoms with Crippen molar-refractivity contribution in [2.24, 2.45) is 0 Å². The molecule has 1 aromatic heterocycles. The number of alkyl halides is 1. The van der Waals surface area contributed by atoms with Crippen molar-refractivity contribution in [3.8, 4) is 0 Å². The Morgan fingerprint density at radius 2 is 2.17 bits per heavy atom. The molecule has 18 heavy (non-hydrogen) atoms. The third-order valence-electron chi connectivity index (χ3n) is 2.58. The lowest BCUT2D eigenvalue weighted by Gasteiger charge is -2.03. The van der Waals surface area contributed by atoms with Crippen LogP contribution < -0.4 is 0 Å². The molecule has 2 rings (SSSR count). The van der Waals surface area contributed by atoms with E-state index in [1.54, 1.807) is 6.20 Å². The molecule has 1 atom stereocenters. The van der Waals surface area contributed by atoms with Gasteiger partial charge in [-0.15, -0.1) is 5.10 Å². The predicted octanol–water partition coefficient (Wildman–Crippen LogP) is 3.45. The van der Waals surface area contributed by atoms with E-state index < -0.39 is 11.6 Å². The molecular formula is C12H12BrF2N3. The van der Waals surface area contributed by atoms with Crippen molar-refractivity contribution in [3.05, 3.63) is 47.3 Å². The zero-order chi connectivity index (χ0) is 13.1. The van der Waals surface area contributed by atoms with Crippen molar-refractivity contribution >= 4 is 15.9 Å². The van der Waals surface area contributed by atoms with E-state index in [0.29, 0.717) is 5.56 Å². The summed E-state index contributed by atoms with van der Waals surface area (Å²) in [7, 11) is 0. The molecule has 1 heterocycles. The summed E-state index contributed by atoms with van der Waals surface area (Å²) in [5.41, 5.74) is 1.19. The molecule has 0 bridgehead atoms. The topological polar surface area (TPSA) is 30.7 Å². The van der Waals surface area contributed by atoms with Gasteiger partial charge in [0, 0.05) is 17.8 Å². The van der Waals surface area contributed by atoms with Crippen molar-refractivity contribution in [1.82, 2.24) is 15.0 Å². The van der Waals surface area contributed by atoms with Gasteiger partial charge in [0.2, 0.25) is 0 Å². The molecule has 0 radical (unpaired) electrons. The van der Waals surface area contributed by atoms with Gasteiger partial charge in [-0.1, -0.05) is 34.1 Å². The Bertz CT molecular complexity index is 542. The van der Waals surface area contributed by atoms with Crippen molar-refractivity contribution in [3.63, 3.8) is 0 Å². The fourth-order valence-corrected chi connectivity index (χ4v) is 1.78. The summed E-state index contributed by atoms with van der Waals surface area (Å²) in [6.07, 6.45) is 2.65. The smallest absolute Gasteiger partial charge is 0.131 e. The number of benzene rings is 1. The van der Waals surface area contributed by atoms with E-state index in [-0.39, 0.29) is 11.4 Å². The van der Waals surface area contributed by atoms with Crippen molar-refractivity contribution in [1.29, 1.82) is 0 Å². The number of hydrogen-bond donors (Lipinski definition) is 0. The summed E-state index contributed by atoms with van der Waals surface area (Å²) in [5, 5.41) is 7.92. The van der Waals surface area contributed by atoms with E-state index in [2.05, 4.69) is 26.2 Å². The van der Waals surface area contributed by atoms with E-state index in [1.807, 2.05) is 6.92 Å². The van der Waals surface area contributed by atoms with Crippen LogP contribution in [0.4, 0.5) is 8.78 Å². The van der Waals surface area contributed by atoms with Crippen LogP contribution in [0.15, 0.2) is 24.4 Å². The zero-order valence-corrected chi connectivity index (χ0v) is 11.4. The molecule has 0 aliphatic rings. The molecule has 0 aliphatic heterocycles. The average Bonchev–Trinajstić information content (AvgIpc) is 2.80. The molecule has 6 heteroatoms. The van der Waals surface area contributed by atoms with E-state index in [4.69, 9.17) is 0 Å². The molecule has 0 N–H and O–H groups in total. The third kappa shape index (κ3) is 2.93. The number of hydrogen-bond acceptors (Lipinski definition) is 2. The maximum absolute atomic E-state index is 13.5. The van der Waals surface area contributed by atoms with Gasteiger partial charge in [-0.05, 0) is 12.5 Å². The van der Waals surface area contributed by atoms with Gasteiger partial charge in [0.15, 0.2) is 0 Å². The van der Waals surface area contributed by atoms with Gasteiger partial charge in [-0.3, -0.25) is 0 Å². The van der Waals surface area contributed by atoms with Crippen molar-refractivity contribution < 1.29 is 8.78 Å². The molecule has 0 aliphatic carbocycles. The largest absolute Gasteiger partial charge is 0.248 e. The van der Waals surface area contributed by atoms with Crippen LogP contribution in [-0.4, -0.2) is 15.0 Å². The fraction of sp³-hybridized carbons (Fsp3) is 0.333. The molecule has 0 spiro atoms. The second kappa shape index (κ2) is 5.56. The number of nitrogens with zero attached hydrogens (tertiary/aromatic N) is 3. The Balaban J connectivity index is 2.16. The molecule has 0 saturated carbocycles. The van der Waals surface area contributed by atoms with Gasteiger partial charge in [0.25, 0.3) is 0 Å². The fourth-order valence-electron chi connectivity index (χ4n) is 1.57. The SMILES string of the molecule is CCC(Br)c1cn(Cc2ccc(F)cc2F)nn1. The van der Waals surface area contributed by atoms with Gasteiger partial charge in [0.1, 0.15) is 11.6 Å². The third-order valence-corrected chi connectivity index (χ3v) is 3.70. The van der Waals surface area contributed by atoms with Gasteiger partial charge >= 0.3 is 0 Å². The normalized spacial score (nSPS) is 12.7. The lowest BCUT2D eigenvalue weighted by atomic mass is 10.2. The van der Waals surface area contributed by atoms with Crippen molar-refractivity contribution in [2.75, 3.05) is 0 Å². The summed E-state index contributed by atoms with van der Waals surface area (Å²) in [4.78, 5) is 0.143. The molecule has 3 nitrogen and oxygen atoms in total. The van der Waals surface area contributed by atoms with Crippen LogP contribution in [0.1, 0.15) is 29.4 Å². The van der Waals surface area contributed by atoms with Crippen LogP contribution in [-0.2, 0) is 6.54 Å². The average molecular weight is 316 g/mol. The lowest BCUT2D eigenvalue weighted by molar-refractivity contribution is 0.554. The van der Waals surface area contributed by atoms with E-state index in [9.17, 15) is 8.78 Å². The van der Waals surface area contributed by atoms with Crippen LogP contribution in [0.2, 0.25) is 0 Å². The Morgan fingerprint density at radius 3 is 2.83 bits per heavy atom. The predicted molar refractivity (Wildman–Crippen MR) is 67.4 cm³/mol. The number of aromatic nitrogens is 3. The molecule has 2 aromatic rings. The first kappa shape index (κ1) is 13.1. The second-order valence-corrected chi connectivity index (χ2v) is 5.06. The minimum atomic E-state index is -0.581. The Kier molecular flexibility index (Phi) is 4.06. The highest BCUT2D eigenvalue weighted by Gasteiger charge is 2.11. The van der Waals surface area contributed by atoms with Crippen molar-refractivity contribution in [2.45, 2.75) is 24.7 Å².